The molecule has 1 unspecified atom stereocenters. The molecule has 4 heteroatoms. The van der Waals surface area contributed by atoms with Crippen LogP contribution in [0.2, 0.25) is 0 Å². The molecule has 3 nitrogen and oxygen atoms in total. The smallest absolute Gasteiger partial charge is 0.223 e. The van der Waals surface area contributed by atoms with Gasteiger partial charge in [0.15, 0.2) is 0 Å². The van der Waals surface area contributed by atoms with Crippen molar-refractivity contribution in [2.45, 2.75) is 46.1 Å². The van der Waals surface area contributed by atoms with Crippen LogP contribution in [-0.2, 0) is 4.79 Å². The second kappa shape index (κ2) is 7.91. The molecule has 1 aliphatic rings. The number of hydrogen-bond acceptors (Lipinski definition) is 2. The van der Waals surface area contributed by atoms with E-state index in [1.807, 2.05) is 0 Å². The van der Waals surface area contributed by atoms with Gasteiger partial charge in [-0.15, -0.1) is 12.4 Å². The van der Waals surface area contributed by atoms with E-state index in [0.29, 0.717) is 12.0 Å². The van der Waals surface area contributed by atoms with Crippen molar-refractivity contribution in [2.75, 3.05) is 13.1 Å². The molecule has 0 bridgehead atoms. The Morgan fingerprint density at radius 1 is 1.31 bits per heavy atom. The Labute approximate surface area is 105 Å². The van der Waals surface area contributed by atoms with Crippen LogP contribution in [0.3, 0.4) is 0 Å². The van der Waals surface area contributed by atoms with Crippen LogP contribution in [0.5, 0.6) is 0 Å². The van der Waals surface area contributed by atoms with Gasteiger partial charge in [0.1, 0.15) is 0 Å². The molecule has 1 rings (SSSR count). The molecule has 0 aromatic heterocycles. The van der Waals surface area contributed by atoms with E-state index in [9.17, 15) is 4.79 Å². The molecular formula is C12H25ClN2O. The molecule has 1 amide bonds. The highest BCUT2D eigenvalue weighted by Gasteiger charge is 2.21. The monoisotopic (exact) mass is 248 g/mol. The highest BCUT2D eigenvalue weighted by molar-refractivity contribution is 5.85. The van der Waals surface area contributed by atoms with Gasteiger partial charge in [-0.1, -0.05) is 13.8 Å². The fourth-order valence-electron chi connectivity index (χ4n) is 2.21. The van der Waals surface area contributed by atoms with E-state index in [2.05, 4.69) is 31.4 Å². The number of piperidine rings is 1. The maximum absolute atomic E-state index is 11.9. The maximum Gasteiger partial charge on any atom is 0.223 e. The Bertz CT molecular complexity index is 203. The number of carbonyl (C=O) groups excluding carboxylic acids is 1. The lowest BCUT2D eigenvalue weighted by molar-refractivity contribution is -0.126. The molecule has 0 radical (unpaired) electrons. The molecular weight excluding hydrogens is 224 g/mol. The predicted octanol–water partition coefficient (Wildman–Crippen LogP) is 1.96. The first kappa shape index (κ1) is 15.7. The van der Waals surface area contributed by atoms with Crippen molar-refractivity contribution >= 4 is 18.3 Å². The predicted molar refractivity (Wildman–Crippen MR) is 69.9 cm³/mol. The first-order chi connectivity index (χ1) is 7.09. The summed E-state index contributed by atoms with van der Waals surface area (Å²) in [4.78, 5) is 11.9. The maximum atomic E-state index is 11.9. The Morgan fingerprint density at radius 3 is 2.38 bits per heavy atom. The summed E-state index contributed by atoms with van der Waals surface area (Å²) in [6.45, 7) is 8.44. The lowest BCUT2D eigenvalue weighted by Crippen LogP contribution is -2.42. The number of amides is 1. The third-order valence-electron chi connectivity index (χ3n) is 2.92. The summed E-state index contributed by atoms with van der Waals surface area (Å²) in [6.07, 6.45) is 3.04. The van der Waals surface area contributed by atoms with E-state index < -0.39 is 0 Å². The van der Waals surface area contributed by atoms with Gasteiger partial charge >= 0.3 is 0 Å². The number of nitrogens with one attached hydrogen (secondary N) is 2. The Balaban J connectivity index is 0.00000225. The summed E-state index contributed by atoms with van der Waals surface area (Å²) < 4.78 is 0. The van der Waals surface area contributed by atoms with Crippen molar-refractivity contribution in [3.8, 4) is 0 Å². The summed E-state index contributed by atoms with van der Waals surface area (Å²) in [6, 6.07) is 0.312. The molecule has 1 saturated heterocycles. The number of hydrogen-bond donors (Lipinski definition) is 2. The minimum atomic E-state index is 0. The summed E-state index contributed by atoms with van der Waals surface area (Å²) in [7, 11) is 0. The minimum Gasteiger partial charge on any atom is -0.353 e. The normalized spacial score (nSPS) is 19.0. The van der Waals surface area contributed by atoms with E-state index in [0.717, 1.165) is 32.4 Å². The van der Waals surface area contributed by atoms with Crippen LogP contribution in [0, 0.1) is 11.8 Å². The fraction of sp³-hybridized carbons (Fsp3) is 0.917. The van der Waals surface area contributed by atoms with Gasteiger partial charge in [0, 0.05) is 12.0 Å². The van der Waals surface area contributed by atoms with E-state index in [4.69, 9.17) is 0 Å². The van der Waals surface area contributed by atoms with Crippen molar-refractivity contribution in [3.05, 3.63) is 0 Å². The van der Waals surface area contributed by atoms with Gasteiger partial charge in [0.2, 0.25) is 5.91 Å². The Kier molecular flexibility index (Phi) is 7.77. The Morgan fingerprint density at radius 2 is 1.88 bits per heavy atom. The summed E-state index contributed by atoms with van der Waals surface area (Å²) in [5.74, 6) is 1.14. The molecule has 16 heavy (non-hydrogen) atoms. The van der Waals surface area contributed by atoms with Gasteiger partial charge in [-0.2, -0.15) is 0 Å². The molecule has 0 spiro atoms. The van der Waals surface area contributed by atoms with Crippen LogP contribution in [0.25, 0.3) is 0 Å². The number of rotatable bonds is 4. The zero-order valence-corrected chi connectivity index (χ0v) is 11.4. The van der Waals surface area contributed by atoms with Crippen LogP contribution in [0.15, 0.2) is 0 Å². The fourth-order valence-corrected chi connectivity index (χ4v) is 2.21. The zero-order chi connectivity index (χ0) is 11.3. The van der Waals surface area contributed by atoms with Gasteiger partial charge in [-0.3, -0.25) is 4.79 Å². The van der Waals surface area contributed by atoms with E-state index >= 15 is 0 Å². The van der Waals surface area contributed by atoms with Gasteiger partial charge in [0.05, 0.1) is 0 Å². The first-order valence-electron chi connectivity index (χ1n) is 6.10. The lowest BCUT2D eigenvalue weighted by Gasteiger charge is -2.24. The second-order valence-corrected chi connectivity index (χ2v) is 5.06. The summed E-state index contributed by atoms with van der Waals surface area (Å²) in [5.41, 5.74) is 0. The van der Waals surface area contributed by atoms with Gasteiger partial charge in [0.25, 0.3) is 0 Å². The highest BCUT2D eigenvalue weighted by atomic mass is 35.5. The third-order valence-corrected chi connectivity index (χ3v) is 2.92. The van der Waals surface area contributed by atoms with Crippen LogP contribution in [0.1, 0.15) is 40.0 Å². The molecule has 0 aromatic rings. The molecule has 1 heterocycles. The molecule has 1 fully saturated rings. The van der Waals surface area contributed by atoms with E-state index in [1.165, 1.54) is 0 Å². The van der Waals surface area contributed by atoms with Gasteiger partial charge in [-0.05, 0) is 45.2 Å². The van der Waals surface area contributed by atoms with Crippen LogP contribution in [0.4, 0.5) is 0 Å². The van der Waals surface area contributed by atoms with Gasteiger partial charge in [-0.25, -0.2) is 0 Å². The van der Waals surface area contributed by atoms with Crippen LogP contribution in [-0.4, -0.2) is 25.0 Å². The van der Waals surface area contributed by atoms with Crippen molar-refractivity contribution < 1.29 is 4.79 Å². The van der Waals surface area contributed by atoms with Crippen LogP contribution >= 0.6 is 12.4 Å². The average Bonchev–Trinajstić information content (AvgIpc) is 2.17. The van der Waals surface area contributed by atoms with Crippen molar-refractivity contribution in [1.82, 2.24) is 10.6 Å². The minimum absolute atomic E-state index is 0. The first-order valence-corrected chi connectivity index (χ1v) is 6.10. The number of halogens is 1. The average molecular weight is 249 g/mol. The van der Waals surface area contributed by atoms with Gasteiger partial charge < -0.3 is 10.6 Å². The van der Waals surface area contributed by atoms with E-state index in [-0.39, 0.29) is 24.2 Å². The second-order valence-electron chi connectivity index (χ2n) is 5.06. The number of carbonyl (C=O) groups is 1. The third kappa shape index (κ3) is 5.71. The van der Waals surface area contributed by atoms with E-state index in [1.54, 1.807) is 0 Å². The molecule has 0 aliphatic carbocycles. The standard InChI is InChI=1S/C12H24N2O.ClH/c1-9(2)8-10(3)14-12(15)11-4-6-13-7-5-11;/h9-11,13H,4-8H2,1-3H3,(H,14,15);1H. The van der Waals surface area contributed by atoms with Crippen LogP contribution < -0.4 is 10.6 Å². The molecule has 96 valence electrons. The topological polar surface area (TPSA) is 41.1 Å². The molecule has 0 aromatic carbocycles. The Hall–Kier alpha value is -0.280. The molecule has 1 atom stereocenters. The van der Waals surface area contributed by atoms with Crippen molar-refractivity contribution in [2.24, 2.45) is 11.8 Å². The summed E-state index contributed by atoms with van der Waals surface area (Å²) >= 11 is 0. The molecule has 2 N–H and O–H groups in total. The SMILES string of the molecule is CC(C)CC(C)NC(=O)C1CCNCC1.Cl. The van der Waals surface area contributed by atoms with Crippen molar-refractivity contribution in [3.63, 3.8) is 0 Å². The quantitative estimate of drug-likeness (QED) is 0.799. The highest BCUT2D eigenvalue weighted by Crippen LogP contribution is 2.12. The zero-order valence-electron chi connectivity index (χ0n) is 10.6. The summed E-state index contributed by atoms with van der Waals surface area (Å²) in [5, 5.41) is 6.39. The largest absolute Gasteiger partial charge is 0.353 e. The lowest BCUT2D eigenvalue weighted by atomic mass is 9.96. The molecule has 1 aliphatic heterocycles. The molecule has 0 saturated carbocycles. The van der Waals surface area contributed by atoms with Crippen molar-refractivity contribution in [1.29, 1.82) is 0 Å².